The van der Waals surface area contributed by atoms with Crippen molar-refractivity contribution in [1.82, 2.24) is 0 Å². The van der Waals surface area contributed by atoms with Crippen LogP contribution in [0.15, 0.2) is 18.2 Å². The molecule has 3 N–H and O–H groups in total. The van der Waals surface area contributed by atoms with Crippen molar-refractivity contribution in [2.75, 3.05) is 5.32 Å². The molecule has 0 atom stereocenters. The van der Waals surface area contributed by atoms with Gasteiger partial charge in [0.05, 0.1) is 4.92 Å². The Balaban J connectivity index is 1.90. The Morgan fingerprint density at radius 1 is 1.30 bits per heavy atom. The van der Waals surface area contributed by atoms with Gasteiger partial charge in [-0.25, -0.2) is 0 Å². The highest BCUT2D eigenvalue weighted by Gasteiger charge is 2.42. The molecular formula is C14H17N3O3. The van der Waals surface area contributed by atoms with Crippen molar-refractivity contribution in [2.24, 2.45) is 17.6 Å². The van der Waals surface area contributed by atoms with E-state index in [1.54, 1.807) is 0 Å². The van der Waals surface area contributed by atoms with Gasteiger partial charge in [-0.05, 0) is 49.7 Å². The molecule has 2 aliphatic rings. The molecule has 1 aromatic rings. The second-order valence-electron chi connectivity index (χ2n) is 5.70. The minimum Gasteiger partial charge on any atom is -0.376 e. The fourth-order valence-corrected chi connectivity index (χ4v) is 2.67. The number of primary amides is 1. The van der Waals surface area contributed by atoms with Gasteiger partial charge in [0.1, 0.15) is 5.69 Å². The fraction of sp³-hybridized carbons (Fsp3) is 0.500. The third-order valence-electron chi connectivity index (χ3n) is 4.06. The lowest BCUT2D eigenvalue weighted by Gasteiger charge is -2.19. The van der Waals surface area contributed by atoms with Gasteiger partial charge in [0.25, 0.3) is 5.69 Å². The summed E-state index contributed by atoms with van der Waals surface area (Å²) < 4.78 is 0. The maximum absolute atomic E-state index is 11.2. The number of nitrogens with zero attached hydrogens (tertiary/aromatic N) is 1. The molecule has 0 heterocycles. The van der Waals surface area contributed by atoms with Crippen LogP contribution >= 0.6 is 0 Å². The summed E-state index contributed by atoms with van der Waals surface area (Å²) in [4.78, 5) is 21.9. The van der Waals surface area contributed by atoms with E-state index in [4.69, 9.17) is 5.73 Å². The summed E-state index contributed by atoms with van der Waals surface area (Å²) in [6.07, 6.45) is 4.71. The Hall–Kier alpha value is -2.11. The third-order valence-corrected chi connectivity index (χ3v) is 4.06. The summed E-state index contributed by atoms with van der Waals surface area (Å²) in [5, 5.41) is 14.4. The topological polar surface area (TPSA) is 98.3 Å². The van der Waals surface area contributed by atoms with E-state index in [1.165, 1.54) is 43.9 Å². The monoisotopic (exact) mass is 275 g/mol. The summed E-state index contributed by atoms with van der Waals surface area (Å²) in [5.41, 5.74) is 5.96. The van der Waals surface area contributed by atoms with Crippen LogP contribution in [0.5, 0.6) is 0 Å². The number of rotatable bonds is 6. The first kappa shape index (κ1) is 12.9. The molecule has 2 aliphatic carbocycles. The molecule has 0 aliphatic heterocycles. The first-order valence-corrected chi connectivity index (χ1v) is 6.91. The summed E-state index contributed by atoms with van der Waals surface area (Å²) in [7, 11) is 0. The predicted molar refractivity (Wildman–Crippen MR) is 74.5 cm³/mol. The zero-order valence-corrected chi connectivity index (χ0v) is 11.0. The molecule has 1 aromatic carbocycles. The summed E-state index contributed by atoms with van der Waals surface area (Å²) >= 11 is 0. The van der Waals surface area contributed by atoms with Crippen molar-refractivity contribution in [1.29, 1.82) is 0 Å². The highest BCUT2D eigenvalue weighted by atomic mass is 16.6. The highest BCUT2D eigenvalue weighted by molar-refractivity contribution is 5.94. The molecule has 3 rings (SSSR count). The Kier molecular flexibility index (Phi) is 3.08. The van der Waals surface area contributed by atoms with Gasteiger partial charge in [-0.15, -0.1) is 0 Å². The first-order chi connectivity index (χ1) is 9.56. The molecule has 6 nitrogen and oxygen atoms in total. The van der Waals surface area contributed by atoms with Gasteiger partial charge in [0, 0.05) is 17.7 Å². The predicted octanol–water partition coefficient (Wildman–Crippen LogP) is 2.29. The molecule has 0 spiro atoms. The van der Waals surface area contributed by atoms with E-state index in [-0.39, 0.29) is 11.7 Å². The van der Waals surface area contributed by atoms with Crippen molar-refractivity contribution in [3.8, 4) is 0 Å². The minimum absolute atomic E-state index is 0.00120. The summed E-state index contributed by atoms with van der Waals surface area (Å²) in [6, 6.07) is 4.53. The maximum atomic E-state index is 11.2. The van der Waals surface area contributed by atoms with Crippen LogP contribution in [0.25, 0.3) is 0 Å². The summed E-state index contributed by atoms with van der Waals surface area (Å²) in [5.74, 6) is 0.649. The SMILES string of the molecule is NC(=O)c1ccc([N+](=O)[O-])c(NC(C2CC2)C2CC2)c1. The van der Waals surface area contributed by atoms with Crippen molar-refractivity contribution in [2.45, 2.75) is 31.7 Å². The van der Waals surface area contributed by atoms with Crippen molar-refractivity contribution in [3.63, 3.8) is 0 Å². The van der Waals surface area contributed by atoms with E-state index in [2.05, 4.69) is 5.32 Å². The van der Waals surface area contributed by atoms with E-state index in [1.807, 2.05) is 0 Å². The quantitative estimate of drug-likeness (QED) is 0.614. The van der Waals surface area contributed by atoms with Gasteiger partial charge in [-0.1, -0.05) is 0 Å². The lowest BCUT2D eigenvalue weighted by atomic mass is 10.1. The van der Waals surface area contributed by atoms with E-state index in [0.29, 0.717) is 23.1 Å². The normalized spacial score (nSPS) is 18.1. The second kappa shape index (κ2) is 4.77. The molecule has 0 aromatic heterocycles. The smallest absolute Gasteiger partial charge is 0.292 e. The zero-order chi connectivity index (χ0) is 14.3. The minimum atomic E-state index is -0.572. The molecule has 0 bridgehead atoms. The molecule has 20 heavy (non-hydrogen) atoms. The van der Waals surface area contributed by atoms with Gasteiger partial charge in [-0.3, -0.25) is 14.9 Å². The van der Waals surface area contributed by atoms with Gasteiger partial charge in [0.15, 0.2) is 0 Å². The number of carbonyl (C=O) groups is 1. The van der Waals surface area contributed by atoms with Crippen LogP contribution in [-0.4, -0.2) is 16.9 Å². The van der Waals surface area contributed by atoms with Crippen molar-refractivity contribution in [3.05, 3.63) is 33.9 Å². The van der Waals surface area contributed by atoms with Gasteiger partial charge in [0.2, 0.25) is 5.91 Å². The molecular weight excluding hydrogens is 258 g/mol. The van der Waals surface area contributed by atoms with E-state index < -0.39 is 10.8 Å². The van der Waals surface area contributed by atoms with Gasteiger partial charge >= 0.3 is 0 Å². The van der Waals surface area contributed by atoms with Crippen LogP contribution in [0.1, 0.15) is 36.0 Å². The van der Waals surface area contributed by atoms with E-state index >= 15 is 0 Å². The van der Waals surface area contributed by atoms with Gasteiger partial charge in [-0.2, -0.15) is 0 Å². The molecule has 0 saturated heterocycles. The maximum Gasteiger partial charge on any atom is 0.292 e. The Morgan fingerprint density at radius 3 is 2.35 bits per heavy atom. The Bertz CT molecular complexity index is 553. The number of nitro groups is 1. The standard InChI is InChI=1S/C14H17N3O3/c15-14(18)10-5-6-12(17(19)20)11(7-10)16-13(8-1-2-8)9-3-4-9/h5-9,13,16H,1-4H2,(H2,15,18). The largest absolute Gasteiger partial charge is 0.376 e. The summed E-state index contributed by atoms with van der Waals surface area (Å²) in [6.45, 7) is 0. The number of anilines is 1. The molecule has 1 amide bonds. The zero-order valence-electron chi connectivity index (χ0n) is 11.0. The first-order valence-electron chi connectivity index (χ1n) is 6.91. The molecule has 6 heteroatoms. The number of nitrogens with two attached hydrogens (primary N) is 1. The number of hydrogen-bond acceptors (Lipinski definition) is 4. The van der Waals surface area contributed by atoms with E-state index in [0.717, 1.165) is 0 Å². The number of hydrogen-bond donors (Lipinski definition) is 2. The lowest BCUT2D eigenvalue weighted by Crippen LogP contribution is -2.25. The van der Waals surface area contributed by atoms with Crippen molar-refractivity contribution >= 4 is 17.3 Å². The lowest BCUT2D eigenvalue weighted by molar-refractivity contribution is -0.384. The third kappa shape index (κ3) is 2.59. The Morgan fingerprint density at radius 2 is 1.90 bits per heavy atom. The van der Waals surface area contributed by atoms with Crippen LogP contribution in [0.2, 0.25) is 0 Å². The average molecular weight is 275 g/mol. The number of nitro benzene ring substituents is 1. The average Bonchev–Trinajstić information content (AvgIpc) is 3.28. The second-order valence-corrected chi connectivity index (χ2v) is 5.70. The fourth-order valence-electron chi connectivity index (χ4n) is 2.67. The molecule has 2 saturated carbocycles. The Labute approximate surface area is 116 Å². The molecule has 2 fully saturated rings. The number of amides is 1. The van der Waals surface area contributed by atoms with Crippen LogP contribution in [0.3, 0.4) is 0 Å². The van der Waals surface area contributed by atoms with E-state index in [9.17, 15) is 14.9 Å². The molecule has 106 valence electrons. The van der Waals surface area contributed by atoms with Crippen molar-refractivity contribution < 1.29 is 9.72 Å². The number of carbonyl (C=O) groups excluding carboxylic acids is 1. The van der Waals surface area contributed by atoms with Crippen LogP contribution in [-0.2, 0) is 0 Å². The van der Waals surface area contributed by atoms with Crippen LogP contribution in [0, 0.1) is 22.0 Å². The van der Waals surface area contributed by atoms with Gasteiger partial charge < -0.3 is 11.1 Å². The molecule has 0 unspecified atom stereocenters. The molecule has 0 radical (unpaired) electrons. The number of nitrogens with one attached hydrogen (secondary N) is 1. The van der Waals surface area contributed by atoms with Crippen LogP contribution in [0.4, 0.5) is 11.4 Å². The highest BCUT2D eigenvalue weighted by Crippen LogP contribution is 2.46. The van der Waals surface area contributed by atoms with Crippen LogP contribution < -0.4 is 11.1 Å². The number of benzene rings is 1.